The summed E-state index contributed by atoms with van der Waals surface area (Å²) in [5, 5.41) is 0. The Morgan fingerprint density at radius 3 is 2.20 bits per heavy atom. The van der Waals surface area contributed by atoms with E-state index in [4.69, 9.17) is 28.4 Å². The van der Waals surface area contributed by atoms with Gasteiger partial charge in [-0.25, -0.2) is 4.79 Å². The van der Waals surface area contributed by atoms with Gasteiger partial charge in [0.2, 0.25) is 0 Å². The van der Waals surface area contributed by atoms with Gasteiger partial charge in [0.1, 0.15) is 24.1 Å². The summed E-state index contributed by atoms with van der Waals surface area (Å²) in [7, 11) is 0. The Hall–Kier alpha value is -1.51. The zero-order valence-corrected chi connectivity index (χ0v) is 14.6. The van der Waals surface area contributed by atoms with Crippen LogP contribution < -0.4 is 4.74 Å². The van der Waals surface area contributed by atoms with Gasteiger partial charge in [0, 0.05) is 0 Å². The quantitative estimate of drug-likeness (QED) is 0.596. The van der Waals surface area contributed by atoms with Gasteiger partial charge in [-0.2, -0.15) is 0 Å². The molecule has 3 aliphatic heterocycles. The van der Waals surface area contributed by atoms with E-state index in [0.717, 1.165) is 0 Å². The number of carbonyl (C=O) groups is 1. The van der Waals surface area contributed by atoms with Crippen molar-refractivity contribution in [3.63, 3.8) is 0 Å². The van der Waals surface area contributed by atoms with Crippen LogP contribution in [0.2, 0.25) is 0 Å². The summed E-state index contributed by atoms with van der Waals surface area (Å²) in [5.41, 5.74) is 0. The first-order chi connectivity index (χ1) is 11.7. The van der Waals surface area contributed by atoms with Crippen molar-refractivity contribution >= 4 is 5.97 Å². The molecule has 3 aliphatic rings. The highest BCUT2D eigenvalue weighted by molar-refractivity contribution is 5.78. The minimum atomic E-state index is -0.967. The molecule has 0 saturated carbocycles. The van der Waals surface area contributed by atoms with E-state index in [1.807, 2.05) is 6.07 Å². The maximum Gasteiger partial charge on any atom is 0.343 e. The predicted octanol–water partition coefficient (Wildman–Crippen LogP) is 1.99. The Bertz CT molecular complexity index is 657. The van der Waals surface area contributed by atoms with Gasteiger partial charge >= 0.3 is 5.97 Å². The van der Waals surface area contributed by atoms with Crippen LogP contribution in [0.15, 0.2) is 30.3 Å². The van der Waals surface area contributed by atoms with Crippen LogP contribution in [-0.4, -0.2) is 48.2 Å². The van der Waals surface area contributed by atoms with Gasteiger partial charge in [-0.1, -0.05) is 18.2 Å². The Morgan fingerprint density at radius 2 is 1.48 bits per heavy atom. The van der Waals surface area contributed by atoms with Crippen molar-refractivity contribution in [1.82, 2.24) is 0 Å². The summed E-state index contributed by atoms with van der Waals surface area (Å²) in [6.45, 7) is 7.17. The molecule has 0 radical (unpaired) electrons. The van der Waals surface area contributed by atoms with Crippen LogP contribution in [0.3, 0.4) is 0 Å². The van der Waals surface area contributed by atoms with Crippen molar-refractivity contribution in [2.75, 3.05) is 0 Å². The number of esters is 1. The number of carbonyl (C=O) groups excluding carboxylic acids is 1. The van der Waals surface area contributed by atoms with E-state index in [-0.39, 0.29) is 0 Å². The van der Waals surface area contributed by atoms with Gasteiger partial charge in [0.05, 0.1) is 0 Å². The second-order valence-corrected chi connectivity index (χ2v) is 7.32. The summed E-state index contributed by atoms with van der Waals surface area (Å²) >= 11 is 0. The average molecular weight is 350 g/mol. The van der Waals surface area contributed by atoms with E-state index in [9.17, 15) is 4.79 Å². The lowest BCUT2D eigenvalue weighted by molar-refractivity contribution is -0.236. The lowest BCUT2D eigenvalue weighted by Gasteiger charge is -2.35. The van der Waals surface area contributed by atoms with Crippen molar-refractivity contribution < 1.29 is 33.2 Å². The molecule has 5 atom stereocenters. The first-order valence-electron chi connectivity index (χ1n) is 8.38. The molecule has 7 heteroatoms. The first-order valence-corrected chi connectivity index (χ1v) is 8.38. The summed E-state index contributed by atoms with van der Waals surface area (Å²) in [5.74, 6) is -1.78. The molecule has 0 unspecified atom stereocenters. The highest BCUT2D eigenvalue weighted by Crippen LogP contribution is 2.44. The smallest absolute Gasteiger partial charge is 0.343 e. The predicted molar refractivity (Wildman–Crippen MR) is 84.6 cm³/mol. The third-order valence-electron chi connectivity index (χ3n) is 4.35. The number of rotatable bonds is 2. The van der Waals surface area contributed by atoms with Gasteiger partial charge in [-0.05, 0) is 39.8 Å². The zero-order valence-electron chi connectivity index (χ0n) is 14.6. The molecule has 3 fully saturated rings. The van der Waals surface area contributed by atoms with E-state index >= 15 is 0 Å². The molecule has 0 aliphatic carbocycles. The molecule has 25 heavy (non-hydrogen) atoms. The normalized spacial score (nSPS) is 38.0. The molecule has 0 spiro atoms. The van der Waals surface area contributed by atoms with Crippen LogP contribution in [-0.2, 0) is 28.5 Å². The van der Waals surface area contributed by atoms with Crippen molar-refractivity contribution in [2.45, 2.75) is 70.0 Å². The number of fused-ring (bicyclic) bond motifs is 3. The fourth-order valence-electron chi connectivity index (χ4n) is 3.46. The van der Waals surface area contributed by atoms with Gasteiger partial charge in [0.25, 0.3) is 0 Å². The molecule has 7 nitrogen and oxygen atoms in total. The van der Waals surface area contributed by atoms with E-state index < -0.39 is 48.2 Å². The Morgan fingerprint density at radius 1 is 0.880 bits per heavy atom. The minimum Gasteiger partial charge on any atom is -0.425 e. The Kier molecular flexibility index (Phi) is 3.90. The largest absolute Gasteiger partial charge is 0.425 e. The second-order valence-electron chi connectivity index (χ2n) is 7.32. The van der Waals surface area contributed by atoms with E-state index in [0.29, 0.717) is 5.75 Å². The van der Waals surface area contributed by atoms with Gasteiger partial charge in [-0.3, -0.25) is 0 Å². The van der Waals surface area contributed by atoms with Crippen molar-refractivity contribution in [1.29, 1.82) is 0 Å². The summed E-state index contributed by atoms with van der Waals surface area (Å²) in [4.78, 5) is 12.7. The fourth-order valence-corrected chi connectivity index (χ4v) is 3.46. The van der Waals surface area contributed by atoms with Crippen LogP contribution in [0.1, 0.15) is 27.7 Å². The Labute approximate surface area is 146 Å². The molecule has 0 aromatic heterocycles. The molecular formula is C18H22O7. The molecule has 4 rings (SSSR count). The van der Waals surface area contributed by atoms with Crippen LogP contribution in [0, 0.1) is 0 Å². The van der Waals surface area contributed by atoms with Crippen molar-refractivity contribution in [2.24, 2.45) is 0 Å². The highest BCUT2D eigenvalue weighted by atomic mass is 16.9. The van der Waals surface area contributed by atoms with Gasteiger partial charge in [0.15, 0.2) is 24.0 Å². The van der Waals surface area contributed by atoms with E-state index in [2.05, 4.69) is 0 Å². The number of hydrogen-bond acceptors (Lipinski definition) is 7. The molecule has 0 N–H and O–H groups in total. The number of para-hydroxylation sites is 1. The highest BCUT2D eigenvalue weighted by Gasteiger charge is 2.62. The first kappa shape index (κ1) is 16.9. The van der Waals surface area contributed by atoms with Gasteiger partial charge < -0.3 is 28.4 Å². The summed E-state index contributed by atoms with van der Waals surface area (Å²) < 4.78 is 34.9. The molecule has 3 saturated heterocycles. The standard InChI is InChI=1S/C18H22O7/c1-17(2)22-11-12(23-17)14-16(25-18(3,4)24-14)21-13(11)15(19)20-10-8-6-5-7-9-10/h5-9,11-14,16H,1-4H3/t11-,12-,13+,14+,16-/m0/s1. The zero-order chi connectivity index (χ0) is 17.8. The molecule has 136 valence electrons. The van der Waals surface area contributed by atoms with Gasteiger partial charge in [-0.15, -0.1) is 0 Å². The third kappa shape index (κ3) is 3.18. The molecule has 1 aromatic rings. The monoisotopic (exact) mass is 350 g/mol. The van der Waals surface area contributed by atoms with Crippen LogP contribution in [0.25, 0.3) is 0 Å². The fraction of sp³-hybridized carbons (Fsp3) is 0.611. The van der Waals surface area contributed by atoms with Crippen LogP contribution in [0.5, 0.6) is 5.75 Å². The van der Waals surface area contributed by atoms with Crippen LogP contribution >= 0.6 is 0 Å². The molecule has 0 amide bonds. The Balaban J connectivity index is 1.58. The lowest BCUT2D eigenvalue weighted by atomic mass is 9.99. The van der Waals surface area contributed by atoms with Crippen molar-refractivity contribution in [3.05, 3.63) is 30.3 Å². The van der Waals surface area contributed by atoms with E-state index in [1.54, 1.807) is 52.0 Å². The number of ether oxygens (including phenoxy) is 6. The molecule has 3 heterocycles. The maximum atomic E-state index is 12.7. The minimum absolute atomic E-state index is 0.442. The average Bonchev–Trinajstić information content (AvgIpc) is 3.01. The summed E-state index contributed by atoms with van der Waals surface area (Å²) in [6.07, 6.45) is -3.27. The number of hydrogen-bond donors (Lipinski definition) is 0. The van der Waals surface area contributed by atoms with Crippen molar-refractivity contribution in [3.8, 4) is 5.75 Å². The molecule has 0 bridgehead atoms. The number of benzene rings is 1. The van der Waals surface area contributed by atoms with Crippen LogP contribution in [0.4, 0.5) is 0 Å². The topological polar surface area (TPSA) is 72.5 Å². The maximum absolute atomic E-state index is 12.7. The third-order valence-corrected chi connectivity index (χ3v) is 4.35. The molecular weight excluding hydrogens is 328 g/mol. The lowest BCUT2D eigenvalue weighted by Crippen LogP contribution is -2.58. The second kappa shape index (κ2) is 5.75. The summed E-state index contributed by atoms with van der Waals surface area (Å²) in [6, 6.07) is 8.83. The van der Waals surface area contributed by atoms with E-state index in [1.165, 1.54) is 0 Å². The molecule has 1 aromatic carbocycles. The SMILES string of the molecule is CC1(C)O[C@@H]2O[C@@H](C(=O)Oc3ccccc3)[C@H]3OC(C)(C)O[C@@H]3[C@H]2O1.